The van der Waals surface area contributed by atoms with E-state index in [9.17, 15) is 9.59 Å². The van der Waals surface area contributed by atoms with Gasteiger partial charge in [-0.25, -0.2) is 0 Å². The zero-order valence-corrected chi connectivity index (χ0v) is 14.4. The number of carbonyl (C=O) groups excluding carboxylic acids is 2. The number of carbonyl (C=O) groups is 2. The Hall–Kier alpha value is -1.92. The topological polar surface area (TPSA) is 41.9 Å². The quantitative estimate of drug-likeness (QED) is 0.551. The Labute approximate surface area is 143 Å². The van der Waals surface area contributed by atoms with Crippen molar-refractivity contribution in [1.29, 1.82) is 0 Å². The summed E-state index contributed by atoms with van der Waals surface area (Å²) in [5.74, 6) is -0.511. The molecule has 0 spiro atoms. The molecule has 0 aliphatic heterocycles. The van der Waals surface area contributed by atoms with E-state index in [-0.39, 0.29) is 31.9 Å². The number of pyridine rings is 2. The first-order chi connectivity index (χ1) is 10.6. The van der Waals surface area contributed by atoms with Crippen LogP contribution in [0.4, 0.5) is 0 Å². The van der Waals surface area contributed by atoms with Crippen molar-refractivity contribution < 1.29 is 18.7 Å². The molecule has 4 nitrogen and oxygen atoms in total. The molecule has 1 aliphatic carbocycles. The van der Waals surface area contributed by atoms with Gasteiger partial charge in [0, 0.05) is 24.3 Å². The van der Waals surface area contributed by atoms with Gasteiger partial charge < -0.3 is 0 Å². The molecule has 0 aromatic carbocycles. The number of hydrogen-bond donors (Lipinski definition) is 0. The van der Waals surface area contributed by atoms with E-state index in [0.717, 1.165) is 0 Å². The lowest BCUT2D eigenvalue weighted by Crippen LogP contribution is -2.44. The number of Topliss-reactive ketones (excluding diaryl/α,β-unsaturated/α-hetero) is 2. The third-order valence-corrected chi connectivity index (χ3v) is 4.66. The molecule has 2 aromatic heterocycles. The fourth-order valence-corrected chi connectivity index (χ4v) is 3.32. The average molecular weight is 422 g/mol. The summed E-state index contributed by atoms with van der Waals surface area (Å²) >= 11 is 6.57. The Kier molecular flexibility index (Phi) is 4.13. The molecule has 3 rings (SSSR count). The molecule has 0 atom stereocenters. The molecule has 0 amide bonds. The van der Waals surface area contributed by atoms with Gasteiger partial charge in [0.2, 0.25) is 0 Å². The van der Waals surface area contributed by atoms with Crippen LogP contribution in [-0.2, 0) is 9.59 Å². The predicted octanol–water partition coefficient (Wildman–Crippen LogP) is 2.24. The third-order valence-electron chi connectivity index (χ3n) is 3.19. The monoisotopic (exact) mass is 420 g/mol. The standard InChI is InChI=1S/C16H10Br2N2O2/c17-11-13(19-7-3-1-4-8-19)15(21)12(18)14(16(11)22)20-9-5-2-6-10-20/h1-10H/q+2. The first-order valence-corrected chi connectivity index (χ1v) is 8.02. The minimum atomic E-state index is -0.256. The highest BCUT2D eigenvalue weighted by Gasteiger charge is 2.43. The Balaban J connectivity index is 2.16. The molecule has 0 fully saturated rings. The fraction of sp³-hybridized carbons (Fsp3) is 0. The highest BCUT2D eigenvalue weighted by Crippen LogP contribution is 2.31. The van der Waals surface area contributed by atoms with Gasteiger partial charge in [-0.1, -0.05) is 12.1 Å². The van der Waals surface area contributed by atoms with Gasteiger partial charge in [0.25, 0.3) is 23.0 Å². The van der Waals surface area contributed by atoms with Gasteiger partial charge in [-0.3, -0.25) is 9.59 Å². The highest BCUT2D eigenvalue weighted by molar-refractivity contribution is 9.12. The van der Waals surface area contributed by atoms with Crippen LogP contribution in [0.15, 0.2) is 70.2 Å². The van der Waals surface area contributed by atoms with Crippen molar-refractivity contribution in [3.63, 3.8) is 0 Å². The van der Waals surface area contributed by atoms with E-state index in [2.05, 4.69) is 31.9 Å². The highest BCUT2D eigenvalue weighted by atomic mass is 79.9. The van der Waals surface area contributed by atoms with E-state index in [4.69, 9.17) is 0 Å². The molecule has 0 bridgehead atoms. The van der Waals surface area contributed by atoms with Crippen LogP contribution in [0, 0.1) is 0 Å². The number of nitrogens with zero attached hydrogens (tertiary/aromatic N) is 2. The van der Waals surface area contributed by atoms with Gasteiger partial charge >= 0.3 is 0 Å². The van der Waals surface area contributed by atoms with Crippen molar-refractivity contribution in [2.75, 3.05) is 0 Å². The second-order valence-corrected chi connectivity index (χ2v) is 6.13. The van der Waals surface area contributed by atoms with Crippen LogP contribution in [0.1, 0.15) is 0 Å². The summed E-state index contributed by atoms with van der Waals surface area (Å²) in [6.07, 6.45) is 6.90. The molecule has 0 saturated carbocycles. The van der Waals surface area contributed by atoms with E-state index < -0.39 is 0 Å². The molecule has 6 heteroatoms. The second-order valence-electron chi connectivity index (χ2n) is 4.55. The summed E-state index contributed by atoms with van der Waals surface area (Å²) in [7, 11) is 0. The first-order valence-electron chi connectivity index (χ1n) is 6.43. The van der Waals surface area contributed by atoms with Gasteiger partial charge in [0.15, 0.2) is 24.8 Å². The molecule has 0 saturated heterocycles. The van der Waals surface area contributed by atoms with Crippen molar-refractivity contribution in [1.82, 2.24) is 0 Å². The van der Waals surface area contributed by atoms with Crippen molar-refractivity contribution in [2.24, 2.45) is 0 Å². The molecule has 0 N–H and O–H groups in total. The maximum Gasteiger partial charge on any atom is 0.278 e. The molecular weight excluding hydrogens is 412 g/mol. The smallest absolute Gasteiger partial charge is 0.278 e. The second kappa shape index (κ2) is 6.06. The van der Waals surface area contributed by atoms with Crippen LogP contribution < -0.4 is 9.13 Å². The molecule has 1 aliphatic rings. The summed E-state index contributed by atoms with van der Waals surface area (Å²) in [5.41, 5.74) is 0.579. The minimum absolute atomic E-state index is 0.239. The lowest BCUT2D eigenvalue weighted by Gasteiger charge is -2.10. The Bertz CT molecular complexity index is 756. The molecule has 108 valence electrons. The first kappa shape index (κ1) is 15.0. The molecular formula is C16H10Br2N2O2+2. The lowest BCUT2D eigenvalue weighted by molar-refractivity contribution is -0.580. The number of halogens is 2. The largest absolute Gasteiger partial charge is 0.281 e. The normalized spacial score (nSPS) is 15.5. The van der Waals surface area contributed by atoms with Crippen LogP contribution in [0.25, 0.3) is 11.4 Å². The van der Waals surface area contributed by atoms with Crippen LogP contribution in [0.2, 0.25) is 0 Å². The summed E-state index contributed by atoms with van der Waals surface area (Å²) < 4.78 is 3.72. The van der Waals surface area contributed by atoms with Crippen LogP contribution in [0.3, 0.4) is 0 Å². The van der Waals surface area contributed by atoms with Crippen molar-refractivity contribution in [3.8, 4) is 0 Å². The van der Waals surface area contributed by atoms with Crippen LogP contribution in [-0.4, -0.2) is 11.6 Å². The summed E-state index contributed by atoms with van der Waals surface area (Å²) in [6, 6.07) is 10.9. The van der Waals surface area contributed by atoms with Crippen LogP contribution >= 0.6 is 31.9 Å². The maximum atomic E-state index is 12.7. The number of allylic oxidation sites excluding steroid dienone is 4. The van der Waals surface area contributed by atoms with E-state index in [1.807, 2.05) is 12.1 Å². The summed E-state index contributed by atoms with van der Waals surface area (Å²) in [6.45, 7) is 0. The van der Waals surface area contributed by atoms with E-state index >= 15 is 0 Å². The number of aromatic nitrogens is 2. The van der Waals surface area contributed by atoms with Gasteiger partial charge in [-0.15, -0.1) is 0 Å². The summed E-state index contributed by atoms with van der Waals surface area (Å²) in [4.78, 5) is 25.4. The lowest BCUT2D eigenvalue weighted by atomic mass is 10.1. The summed E-state index contributed by atoms with van der Waals surface area (Å²) in [5, 5.41) is 0. The average Bonchev–Trinajstić information content (AvgIpc) is 2.55. The third kappa shape index (κ3) is 2.48. The zero-order chi connectivity index (χ0) is 15.7. The molecule has 2 aromatic rings. The maximum absolute atomic E-state index is 12.7. The van der Waals surface area contributed by atoms with E-state index in [1.54, 1.807) is 58.2 Å². The molecule has 0 unspecified atom stereocenters. The van der Waals surface area contributed by atoms with Gasteiger partial charge in [-0.05, 0) is 31.9 Å². The number of hydrogen-bond acceptors (Lipinski definition) is 2. The Morgan fingerprint density at radius 3 is 1.23 bits per heavy atom. The number of ketones is 2. The Morgan fingerprint density at radius 1 is 0.591 bits per heavy atom. The molecule has 2 heterocycles. The molecule has 0 radical (unpaired) electrons. The van der Waals surface area contributed by atoms with Crippen LogP contribution in [0.5, 0.6) is 0 Å². The van der Waals surface area contributed by atoms with Gasteiger partial charge in [0.1, 0.15) is 8.96 Å². The van der Waals surface area contributed by atoms with Gasteiger partial charge in [0.05, 0.1) is 0 Å². The minimum Gasteiger partial charge on any atom is -0.281 e. The van der Waals surface area contributed by atoms with E-state index in [1.165, 1.54) is 0 Å². The molecule has 22 heavy (non-hydrogen) atoms. The van der Waals surface area contributed by atoms with Crippen molar-refractivity contribution in [2.45, 2.75) is 0 Å². The fourth-order valence-electron chi connectivity index (χ4n) is 2.18. The Morgan fingerprint density at radius 2 is 0.909 bits per heavy atom. The van der Waals surface area contributed by atoms with Crippen molar-refractivity contribution >= 4 is 54.8 Å². The zero-order valence-electron chi connectivity index (χ0n) is 11.2. The van der Waals surface area contributed by atoms with Crippen molar-refractivity contribution in [3.05, 3.63) is 70.2 Å². The van der Waals surface area contributed by atoms with Gasteiger partial charge in [-0.2, -0.15) is 9.13 Å². The predicted molar refractivity (Wildman–Crippen MR) is 87.6 cm³/mol. The van der Waals surface area contributed by atoms with E-state index in [0.29, 0.717) is 0 Å². The number of rotatable bonds is 2. The SMILES string of the molecule is O=C1C(Br)=C([n+]2ccccc2)C(=O)C(Br)=C1[n+]1ccccc1.